The molecule has 0 bridgehead atoms. The molecule has 3 heterocycles. The van der Waals surface area contributed by atoms with Gasteiger partial charge in [0.25, 0.3) is 0 Å². The van der Waals surface area contributed by atoms with Gasteiger partial charge >= 0.3 is 0 Å². The molecule has 4 nitrogen and oxygen atoms in total. The van der Waals surface area contributed by atoms with Crippen molar-refractivity contribution in [1.82, 2.24) is 20.2 Å². The minimum absolute atomic E-state index is 0.484. The molecule has 4 heteroatoms. The van der Waals surface area contributed by atoms with Crippen LogP contribution in [0.4, 0.5) is 0 Å². The highest BCUT2D eigenvalue weighted by Gasteiger charge is 2.31. The number of nitrogens with one attached hydrogen (secondary N) is 1. The smallest absolute Gasteiger partial charge is 0.0758 e. The van der Waals surface area contributed by atoms with E-state index < -0.39 is 0 Å². The monoisotopic (exact) mass is 246 g/mol. The number of nitrogens with zero attached hydrogens (tertiary/aromatic N) is 3. The fraction of sp³-hybridized carbons (Fsp3) is 0.714. The molecule has 2 aliphatic heterocycles. The van der Waals surface area contributed by atoms with Crippen molar-refractivity contribution in [2.75, 3.05) is 19.6 Å². The van der Waals surface area contributed by atoms with Crippen molar-refractivity contribution >= 4 is 0 Å². The van der Waals surface area contributed by atoms with Gasteiger partial charge in [0.2, 0.25) is 0 Å². The second-order valence-corrected chi connectivity index (χ2v) is 5.38. The van der Waals surface area contributed by atoms with Gasteiger partial charge in [-0.25, -0.2) is 0 Å². The summed E-state index contributed by atoms with van der Waals surface area (Å²) in [6.45, 7) is 3.53. The Labute approximate surface area is 109 Å². The molecular formula is C14H22N4. The lowest BCUT2D eigenvalue weighted by atomic mass is 9.94. The average Bonchev–Trinajstić information content (AvgIpc) is 2.49. The van der Waals surface area contributed by atoms with Crippen LogP contribution in [0, 0.1) is 0 Å². The lowest BCUT2D eigenvalue weighted by Gasteiger charge is -2.42. The standard InChI is InChI=1S/C14H22N4/c1-2-9-18(12-4-3-6-15-10-12)14(5-1)13-11-16-7-8-17-13/h7-8,11-12,14-15H,1-6,9-10H2. The van der Waals surface area contributed by atoms with Gasteiger partial charge < -0.3 is 5.32 Å². The van der Waals surface area contributed by atoms with Crippen molar-refractivity contribution < 1.29 is 0 Å². The zero-order valence-electron chi connectivity index (χ0n) is 10.9. The summed E-state index contributed by atoms with van der Waals surface area (Å²) >= 11 is 0. The van der Waals surface area contributed by atoms with E-state index in [4.69, 9.17) is 0 Å². The first kappa shape index (κ1) is 12.1. The predicted molar refractivity (Wildman–Crippen MR) is 71.2 cm³/mol. The van der Waals surface area contributed by atoms with Crippen LogP contribution >= 0.6 is 0 Å². The molecule has 98 valence electrons. The number of hydrogen-bond acceptors (Lipinski definition) is 4. The first-order valence-electron chi connectivity index (χ1n) is 7.17. The minimum Gasteiger partial charge on any atom is -0.315 e. The largest absolute Gasteiger partial charge is 0.315 e. The topological polar surface area (TPSA) is 41.1 Å². The fourth-order valence-electron chi connectivity index (χ4n) is 3.31. The molecule has 2 fully saturated rings. The van der Waals surface area contributed by atoms with Crippen LogP contribution in [0.2, 0.25) is 0 Å². The molecule has 3 rings (SSSR count). The Hall–Kier alpha value is -1.00. The van der Waals surface area contributed by atoms with Crippen LogP contribution in [-0.2, 0) is 0 Å². The van der Waals surface area contributed by atoms with E-state index in [1.54, 1.807) is 6.20 Å². The number of aromatic nitrogens is 2. The summed E-state index contributed by atoms with van der Waals surface area (Å²) in [7, 11) is 0. The average molecular weight is 246 g/mol. The molecule has 0 radical (unpaired) electrons. The van der Waals surface area contributed by atoms with E-state index >= 15 is 0 Å². The highest BCUT2D eigenvalue weighted by molar-refractivity contribution is 5.05. The summed E-state index contributed by atoms with van der Waals surface area (Å²) < 4.78 is 0. The number of rotatable bonds is 2. The molecule has 0 spiro atoms. The van der Waals surface area contributed by atoms with Gasteiger partial charge in [-0.2, -0.15) is 0 Å². The van der Waals surface area contributed by atoms with Gasteiger partial charge in [0, 0.05) is 31.2 Å². The molecule has 2 unspecified atom stereocenters. The highest BCUT2D eigenvalue weighted by atomic mass is 15.2. The van der Waals surface area contributed by atoms with Crippen molar-refractivity contribution in [2.45, 2.75) is 44.2 Å². The molecule has 18 heavy (non-hydrogen) atoms. The summed E-state index contributed by atoms with van der Waals surface area (Å²) in [5, 5.41) is 3.53. The lowest BCUT2D eigenvalue weighted by molar-refractivity contribution is 0.0765. The summed E-state index contributed by atoms with van der Waals surface area (Å²) in [6, 6.07) is 1.17. The maximum absolute atomic E-state index is 4.52. The normalized spacial score (nSPS) is 30.2. The van der Waals surface area contributed by atoms with Crippen LogP contribution in [0.15, 0.2) is 18.6 Å². The Morgan fingerprint density at radius 1 is 1.17 bits per heavy atom. The van der Waals surface area contributed by atoms with Crippen molar-refractivity contribution in [3.05, 3.63) is 24.3 Å². The van der Waals surface area contributed by atoms with Gasteiger partial charge in [0.05, 0.1) is 11.7 Å². The summed E-state index contributed by atoms with van der Waals surface area (Å²) in [5.74, 6) is 0. The quantitative estimate of drug-likeness (QED) is 0.863. The molecule has 2 aliphatic rings. The van der Waals surface area contributed by atoms with Crippen LogP contribution in [0.1, 0.15) is 43.8 Å². The van der Waals surface area contributed by atoms with Gasteiger partial charge in [-0.1, -0.05) is 6.42 Å². The van der Waals surface area contributed by atoms with Gasteiger partial charge in [0.15, 0.2) is 0 Å². The summed E-state index contributed by atoms with van der Waals surface area (Å²) in [6.07, 6.45) is 12.0. The zero-order chi connectivity index (χ0) is 12.2. The van der Waals surface area contributed by atoms with Crippen LogP contribution in [0.5, 0.6) is 0 Å². The van der Waals surface area contributed by atoms with Crippen molar-refractivity contribution in [2.24, 2.45) is 0 Å². The molecule has 0 amide bonds. The Kier molecular flexibility index (Phi) is 3.86. The van der Waals surface area contributed by atoms with Crippen molar-refractivity contribution in [1.29, 1.82) is 0 Å². The Bertz CT molecular complexity index is 361. The molecule has 2 atom stereocenters. The van der Waals surface area contributed by atoms with Crippen LogP contribution < -0.4 is 5.32 Å². The van der Waals surface area contributed by atoms with Gasteiger partial charge in [-0.05, 0) is 38.8 Å². The predicted octanol–water partition coefficient (Wildman–Crippen LogP) is 1.76. The molecule has 1 aromatic heterocycles. The van der Waals surface area contributed by atoms with Crippen LogP contribution in [0.25, 0.3) is 0 Å². The van der Waals surface area contributed by atoms with E-state index in [1.165, 1.54) is 45.2 Å². The maximum Gasteiger partial charge on any atom is 0.0758 e. The molecule has 0 saturated carbocycles. The second kappa shape index (κ2) is 5.76. The van der Waals surface area contributed by atoms with Crippen molar-refractivity contribution in [3.63, 3.8) is 0 Å². The molecule has 2 saturated heterocycles. The fourth-order valence-corrected chi connectivity index (χ4v) is 3.31. The van der Waals surface area contributed by atoms with Crippen LogP contribution in [-0.4, -0.2) is 40.5 Å². The van der Waals surface area contributed by atoms with E-state index in [0.29, 0.717) is 12.1 Å². The van der Waals surface area contributed by atoms with Gasteiger partial charge in [-0.15, -0.1) is 0 Å². The third-order valence-electron chi connectivity index (χ3n) is 4.21. The van der Waals surface area contributed by atoms with E-state index in [0.717, 1.165) is 12.2 Å². The summed E-state index contributed by atoms with van der Waals surface area (Å²) in [4.78, 5) is 11.4. The van der Waals surface area contributed by atoms with Gasteiger partial charge in [-0.3, -0.25) is 14.9 Å². The first-order valence-corrected chi connectivity index (χ1v) is 7.17. The van der Waals surface area contributed by atoms with Crippen molar-refractivity contribution in [3.8, 4) is 0 Å². The molecule has 0 aromatic carbocycles. The molecule has 1 aromatic rings. The van der Waals surface area contributed by atoms with E-state index in [2.05, 4.69) is 20.2 Å². The zero-order valence-corrected chi connectivity index (χ0v) is 10.9. The Morgan fingerprint density at radius 2 is 2.17 bits per heavy atom. The lowest BCUT2D eigenvalue weighted by Crippen LogP contribution is -2.49. The van der Waals surface area contributed by atoms with Gasteiger partial charge in [0.1, 0.15) is 0 Å². The van der Waals surface area contributed by atoms with E-state index in [9.17, 15) is 0 Å². The Morgan fingerprint density at radius 3 is 2.94 bits per heavy atom. The first-order chi connectivity index (χ1) is 8.95. The summed E-state index contributed by atoms with van der Waals surface area (Å²) in [5.41, 5.74) is 1.16. The Balaban J connectivity index is 1.77. The molecule has 1 N–H and O–H groups in total. The highest BCUT2D eigenvalue weighted by Crippen LogP contribution is 2.32. The second-order valence-electron chi connectivity index (χ2n) is 5.38. The SMILES string of the molecule is c1cnc(C2CCCCN2C2CCCNC2)cn1. The minimum atomic E-state index is 0.484. The number of likely N-dealkylation sites (tertiary alicyclic amines) is 1. The maximum atomic E-state index is 4.52. The van der Waals surface area contributed by atoms with E-state index in [-0.39, 0.29) is 0 Å². The number of piperidine rings is 2. The van der Waals surface area contributed by atoms with Crippen LogP contribution in [0.3, 0.4) is 0 Å². The molecular weight excluding hydrogens is 224 g/mol. The molecule has 0 aliphatic carbocycles. The number of hydrogen-bond donors (Lipinski definition) is 1. The third kappa shape index (κ3) is 2.54. The van der Waals surface area contributed by atoms with E-state index in [1.807, 2.05) is 12.4 Å². The third-order valence-corrected chi connectivity index (χ3v) is 4.21.